The Labute approximate surface area is 162 Å². The van der Waals surface area contributed by atoms with Gasteiger partial charge in [-0.25, -0.2) is 0 Å². The smallest absolute Gasteiger partial charge is 0.237 e. The maximum Gasteiger partial charge on any atom is 0.237 e. The van der Waals surface area contributed by atoms with E-state index >= 15 is 0 Å². The van der Waals surface area contributed by atoms with Crippen LogP contribution in [-0.4, -0.2) is 24.4 Å². The molecule has 6 heteroatoms. The predicted molar refractivity (Wildman–Crippen MR) is 106 cm³/mol. The van der Waals surface area contributed by atoms with Gasteiger partial charge < -0.3 is 16.0 Å². The summed E-state index contributed by atoms with van der Waals surface area (Å²) >= 11 is 0. The molecule has 1 aromatic rings. The van der Waals surface area contributed by atoms with Crippen LogP contribution in [-0.2, 0) is 16.1 Å². The molecule has 0 spiro atoms. The molecule has 1 atom stereocenters. The molecule has 1 saturated carbocycles. The Morgan fingerprint density at radius 2 is 1.77 bits per heavy atom. The van der Waals surface area contributed by atoms with Crippen LogP contribution in [0.15, 0.2) is 24.3 Å². The number of anilines is 1. The summed E-state index contributed by atoms with van der Waals surface area (Å²) in [5.41, 5.74) is 1.82. The molecular weight excluding hydrogens is 350 g/mol. The molecule has 144 valence electrons. The van der Waals surface area contributed by atoms with Crippen molar-refractivity contribution in [1.29, 1.82) is 0 Å². The van der Waals surface area contributed by atoms with Gasteiger partial charge >= 0.3 is 0 Å². The van der Waals surface area contributed by atoms with E-state index in [-0.39, 0.29) is 36.2 Å². The van der Waals surface area contributed by atoms with E-state index in [1.807, 2.05) is 24.3 Å². The number of benzene rings is 1. The van der Waals surface area contributed by atoms with Crippen molar-refractivity contribution in [2.24, 2.45) is 5.92 Å². The second kappa shape index (κ2) is 10.5. The maximum absolute atomic E-state index is 12.4. The average molecular weight is 380 g/mol. The van der Waals surface area contributed by atoms with Gasteiger partial charge in [0.1, 0.15) is 0 Å². The first-order chi connectivity index (χ1) is 12.2. The highest BCUT2D eigenvalue weighted by atomic mass is 35.5. The van der Waals surface area contributed by atoms with E-state index in [0.29, 0.717) is 6.54 Å². The van der Waals surface area contributed by atoms with Crippen molar-refractivity contribution >= 4 is 29.9 Å². The average Bonchev–Trinajstić information content (AvgIpc) is 2.68. The summed E-state index contributed by atoms with van der Waals surface area (Å²) < 4.78 is 0. The molecule has 5 nitrogen and oxygen atoms in total. The molecule has 1 heterocycles. The van der Waals surface area contributed by atoms with Crippen LogP contribution in [0.4, 0.5) is 5.69 Å². The monoisotopic (exact) mass is 379 g/mol. The molecule has 0 aromatic heterocycles. The van der Waals surface area contributed by atoms with Gasteiger partial charge in [-0.15, -0.1) is 12.4 Å². The molecular formula is C20H30ClN3O2. The summed E-state index contributed by atoms with van der Waals surface area (Å²) in [5, 5.41) is 9.30. The molecule has 1 aromatic carbocycles. The van der Waals surface area contributed by atoms with E-state index in [1.54, 1.807) is 0 Å². The number of hydrogen-bond donors (Lipinski definition) is 3. The van der Waals surface area contributed by atoms with Crippen molar-refractivity contribution in [2.75, 3.05) is 11.9 Å². The van der Waals surface area contributed by atoms with Crippen LogP contribution in [0.3, 0.4) is 0 Å². The Morgan fingerprint density at radius 1 is 1.00 bits per heavy atom. The summed E-state index contributed by atoms with van der Waals surface area (Å²) in [4.78, 5) is 24.6. The number of nitrogens with one attached hydrogen (secondary N) is 3. The largest absolute Gasteiger partial charge is 0.351 e. The summed E-state index contributed by atoms with van der Waals surface area (Å²) in [6.07, 6.45) is 8.70. The topological polar surface area (TPSA) is 70.2 Å². The Bertz CT molecular complexity index is 596. The lowest BCUT2D eigenvalue weighted by molar-refractivity contribution is -0.124. The van der Waals surface area contributed by atoms with Crippen LogP contribution in [0, 0.1) is 5.92 Å². The Morgan fingerprint density at radius 3 is 2.50 bits per heavy atom. The summed E-state index contributed by atoms with van der Waals surface area (Å²) in [6, 6.07) is 7.70. The van der Waals surface area contributed by atoms with Gasteiger partial charge in [-0.1, -0.05) is 37.8 Å². The number of rotatable bonds is 5. The summed E-state index contributed by atoms with van der Waals surface area (Å²) in [6.45, 7) is 1.41. The second-order valence-corrected chi connectivity index (χ2v) is 7.24. The highest BCUT2D eigenvalue weighted by molar-refractivity contribution is 5.92. The molecule has 2 amide bonds. The standard InChI is InChI=1S/C20H29N3O2.ClH/c24-19(16-8-2-1-3-9-16)23-17-10-6-7-15(13-17)14-22-20(25)18-11-4-5-12-21-18;/h6-7,10,13,16,18,21H,1-5,8-9,11-12,14H2,(H,22,25)(H,23,24);1H. The van der Waals surface area contributed by atoms with Crippen molar-refractivity contribution in [2.45, 2.75) is 64.0 Å². The first-order valence-electron chi connectivity index (χ1n) is 9.63. The van der Waals surface area contributed by atoms with Crippen LogP contribution in [0.5, 0.6) is 0 Å². The van der Waals surface area contributed by atoms with E-state index in [9.17, 15) is 9.59 Å². The fourth-order valence-electron chi connectivity index (χ4n) is 3.76. The van der Waals surface area contributed by atoms with Crippen LogP contribution in [0.2, 0.25) is 0 Å². The zero-order chi connectivity index (χ0) is 17.5. The van der Waals surface area contributed by atoms with E-state index in [0.717, 1.165) is 62.7 Å². The molecule has 0 radical (unpaired) electrons. The lowest BCUT2D eigenvalue weighted by atomic mass is 9.88. The number of piperidine rings is 1. The van der Waals surface area contributed by atoms with Crippen molar-refractivity contribution < 1.29 is 9.59 Å². The van der Waals surface area contributed by atoms with Crippen molar-refractivity contribution in [3.63, 3.8) is 0 Å². The molecule has 1 aliphatic heterocycles. The van der Waals surface area contributed by atoms with Crippen LogP contribution < -0.4 is 16.0 Å². The zero-order valence-corrected chi connectivity index (χ0v) is 16.1. The SMILES string of the molecule is Cl.O=C(Nc1cccc(CNC(=O)C2CCCCN2)c1)C1CCCCC1. The summed E-state index contributed by atoms with van der Waals surface area (Å²) in [7, 11) is 0. The maximum atomic E-state index is 12.4. The van der Waals surface area contributed by atoms with Gasteiger partial charge in [0.15, 0.2) is 0 Å². The van der Waals surface area contributed by atoms with Gasteiger partial charge in [0, 0.05) is 18.2 Å². The minimum Gasteiger partial charge on any atom is -0.351 e. The van der Waals surface area contributed by atoms with Crippen molar-refractivity contribution in [3.05, 3.63) is 29.8 Å². The van der Waals surface area contributed by atoms with Gasteiger partial charge in [-0.2, -0.15) is 0 Å². The van der Waals surface area contributed by atoms with E-state index in [2.05, 4.69) is 16.0 Å². The third-order valence-electron chi connectivity index (χ3n) is 5.26. The Kier molecular flexibility index (Phi) is 8.39. The number of halogens is 1. The molecule has 2 fully saturated rings. The lowest BCUT2D eigenvalue weighted by Gasteiger charge is -2.22. The molecule has 3 rings (SSSR count). The molecule has 1 aliphatic carbocycles. The Hall–Kier alpha value is -1.59. The molecule has 3 N–H and O–H groups in total. The van der Waals surface area contributed by atoms with Crippen molar-refractivity contribution in [3.8, 4) is 0 Å². The highest BCUT2D eigenvalue weighted by Gasteiger charge is 2.21. The van der Waals surface area contributed by atoms with Crippen molar-refractivity contribution in [1.82, 2.24) is 10.6 Å². The molecule has 0 bridgehead atoms. The molecule has 1 unspecified atom stereocenters. The first kappa shape index (κ1) is 20.7. The number of carbonyl (C=O) groups excluding carboxylic acids is 2. The van der Waals surface area contributed by atoms with Crippen LogP contribution in [0.1, 0.15) is 56.9 Å². The second-order valence-electron chi connectivity index (χ2n) is 7.24. The van der Waals surface area contributed by atoms with Gasteiger partial charge in [-0.05, 0) is 49.9 Å². The normalized spacial score (nSPS) is 20.7. The number of amides is 2. The lowest BCUT2D eigenvalue weighted by Crippen LogP contribution is -2.46. The Balaban J connectivity index is 0.00000243. The van der Waals surface area contributed by atoms with Gasteiger partial charge in [0.2, 0.25) is 11.8 Å². The minimum absolute atomic E-state index is 0. The van der Waals surface area contributed by atoms with Crippen LogP contribution >= 0.6 is 12.4 Å². The van der Waals surface area contributed by atoms with Gasteiger partial charge in [-0.3, -0.25) is 9.59 Å². The third kappa shape index (κ3) is 5.99. The summed E-state index contributed by atoms with van der Waals surface area (Å²) in [5.74, 6) is 0.345. The number of hydrogen-bond acceptors (Lipinski definition) is 3. The fourth-order valence-corrected chi connectivity index (χ4v) is 3.76. The van der Waals surface area contributed by atoms with E-state index in [1.165, 1.54) is 6.42 Å². The van der Waals surface area contributed by atoms with Crippen LogP contribution in [0.25, 0.3) is 0 Å². The van der Waals surface area contributed by atoms with Gasteiger partial charge in [0.05, 0.1) is 6.04 Å². The van der Waals surface area contributed by atoms with E-state index < -0.39 is 0 Å². The molecule has 2 aliphatic rings. The third-order valence-corrected chi connectivity index (χ3v) is 5.26. The number of carbonyl (C=O) groups is 2. The molecule has 26 heavy (non-hydrogen) atoms. The minimum atomic E-state index is -0.0667. The first-order valence-corrected chi connectivity index (χ1v) is 9.63. The van der Waals surface area contributed by atoms with Gasteiger partial charge in [0.25, 0.3) is 0 Å². The molecule has 1 saturated heterocycles. The fraction of sp³-hybridized carbons (Fsp3) is 0.600. The quantitative estimate of drug-likeness (QED) is 0.734. The highest BCUT2D eigenvalue weighted by Crippen LogP contribution is 2.25. The van der Waals surface area contributed by atoms with E-state index in [4.69, 9.17) is 0 Å². The zero-order valence-electron chi connectivity index (χ0n) is 15.3. The predicted octanol–water partition coefficient (Wildman–Crippen LogP) is 3.39.